The summed E-state index contributed by atoms with van der Waals surface area (Å²) in [6.07, 6.45) is 0.896. The van der Waals surface area contributed by atoms with E-state index < -0.39 is 32.2 Å². The quantitative estimate of drug-likeness (QED) is 0.449. The molecule has 0 bridgehead atoms. The number of carboxylic acid groups (broad SMARTS) is 1. The van der Waals surface area contributed by atoms with Gasteiger partial charge in [0.15, 0.2) is 0 Å². The summed E-state index contributed by atoms with van der Waals surface area (Å²) in [5.41, 5.74) is -0.858. The first-order valence-electron chi connectivity index (χ1n) is 5.85. The number of hydrogen-bond acceptors (Lipinski definition) is 7. The second-order valence-corrected chi connectivity index (χ2v) is 5.82. The minimum Gasteiger partial charge on any atom is -0.478 e. The third-order valence-corrected chi connectivity index (χ3v) is 3.81. The van der Waals surface area contributed by atoms with Crippen molar-refractivity contribution in [3.05, 3.63) is 27.9 Å². The molecular formula is C10H14N4O6S. The Bertz CT molecular complexity index is 645. The number of hydrogen-bond donors (Lipinski definition) is 3. The molecule has 0 saturated carbocycles. The highest BCUT2D eigenvalue weighted by atomic mass is 32.2. The van der Waals surface area contributed by atoms with E-state index in [-0.39, 0.29) is 24.7 Å². The molecular weight excluding hydrogens is 304 g/mol. The van der Waals surface area contributed by atoms with Crippen LogP contribution in [-0.2, 0) is 10.0 Å². The van der Waals surface area contributed by atoms with Crippen molar-refractivity contribution in [1.82, 2.24) is 9.71 Å². The molecule has 3 N–H and O–H groups in total. The number of rotatable bonds is 8. The molecule has 10 nitrogen and oxygen atoms in total. The van der Waals surface area contributed by atoms with E-state index in [9.17, 15) is 23.3 Å². The van der Waals surface area contributed by atoms with Crippen LogP contribution in [0.5, 0.6) is 0 Å². The highest BCUT2D eigenvalue weighted by Crippen LogP contribution is 2.18. The average Bonchev–Trinajstić information content (AvgIpc) is 2.38. The number of aromatic nitrogens is 1. The number of nitro groups is 1. The monoisotopic (exact) mass is 318 g/mol. The Kier molecular flexibility index (Phi) is 5.55. The third kappa shape index (κ3) is 4.96. The van der Waals surface area contributed by atoms with Gasteiger partial charge < -0.3 is 10.4 Å². The van der Waals surface area contributed by atoms with Gasteiger partial charge in [0.25, 0.3) is 5.69 Å². The summed E-state index contributed by atoms with van der Waals surface area (Å²) in [6.45, 7) is 1.80. The first kappa shape index (κ1) is 16.8. The van der Waals surface area contributed by atoms with E-state index in [1.165, 1.54) is 0 Å². The van der Waals surface area contributed by atoms with Crippen LogP contribution in [0, 0.1) is 10.1 Å². The van der Waals surface area contributed by atoms with Crippen LogP contribution in [0.4, 0.5) is 11.5 Å². The number of aromatic carboxylic acids is 1. The number of carbonyl (C=O) groups is 1. The van der Waals surface area contributed by atoms with Crippen LogP contribution >= 0.6 is 0 Å². The lowest BCUT2D eigenvalue weighted by atomic mass is 10.2. The van der Waals surface area contributed by atoms with Crippen LogP contribution in [0.2, 0.25) is 0 Å². The number of sulfonamides is 1. The van der Waals surface area contributed by atoms with Crippen LogP contribution in [0.25, 0.3) is 0 Å². The van der Waals surface area contributed by atoms with Gasteiger partial charge in [-0.15, -0.1) is 0 Å². The topological polar surface area (TPSA) is 152 Å². The van der Waals surface area contributed by atoms with Crippen molar-refractivity contribution in [3.8, 4) is 0 Å². The number of nitrogens with zero attached hydrogens (tertiary/aromatic N) is 2. The van der Waals surface area contributed by atoms with E-state index in [0.29, 0.717) is 0 Å². The average molecular weight is 318 g/mol. The summed E-state index contributed by atoms with van der Waals surface area (Å²) in [4.78, 5) is 24.5. The number of anilines is 1. The smallest absolute Gasteiger partial charge is 0.339 e. The Morgan fingerprint density at radius 2 is 2.19 bits per heavy atom. The molecule has 0 amide bonds. The molecule has 0 unspecified atom stereocenters. The van der Waals surface area contributed by atoms with Gasteiger partial charge in [0, 0.05) is 19.2 Å². The lowest BCUT2D eigenvalue weighted by molar-refractivity contribution is -0.385. The first-order chi connectivity index (χ1) is 9.76. The van der Waals surface area contributed by atoms with Crippen molar-refractivity contribution < 1.29 is 23.2 Å². The maximum atomic E-state index is 11.4. The summed E-state index contributed by atoms with van der Waals surface area (Å²) in [7, 11) is -3.45. The molecule has 1 aromatic rings. The van der Waals surface area contributed by atoms with Gasteiger partial charge in [-0.3, -0.25) is 10.1 Å². The van der Waals surface area contributed by atoms with Crippen molar-refractivity contribution >= 4 is 27.5 Å². The van der Waals surface area contributed by atoms with Gasteiger partial charge >= 0.3 is 5.97 Å². The van der Waals surface area contributed by atoms with Crippen molar-refractivity contribution in [1.29, 1.82) is 0 Å². The van der Waals surface area contributed by atoms with Gasteiger partial charge in [-0.05, 0) is 0 Å². The lowest BCUT2D eigenvalue weighted by Gasteiger charge is -2.09. The van der Waals surface area contributed by atoms with Crippen LogP contribution in [0.15, 0.2) is 12.3 Å². The molecule has 116 valence electrons. The maximum absolute atomic E-state index is 11.4. The minimum absolute atomic E-state index is 0.0829. The van der Waals surface area contributed by atoms with Gasteiger partial charge in [-0.1, -0.05) is 6.92 Å². The van der Waals surface area contributed by atoms with E-state index in [2.05, 4.69) is 15.0 Å². The molecule has 0 atom stereocenters. The molecule has 0 saturated heterocycles. The Morgan fingerprint density at radius 1 is 1.52 bits per heavy atom. The number of nitrogens with one attached hydrogen (secondary N) is 2. The van der Waals surface area contributed by atoms with Gasteiger partial charge in [-0.25, -0.2) is 22.9 Å². The van der Waals surface area contributed by atoms with Crippen molar-refractivity contribution in [2.24, 2.45) is 0 Å². The SMILES string of the molecule is CCNS(=O)(=O)CCNc1ncc([N+](=O)[O-])cc1C(=O)O. The maximum Gasteiger partial charge on any atom is 0.339 e. The first-order valence-corrected chi connectivity index (χ1v) is 7.51. The molecule has 0 fully saturated rings. The standard InChI is InChI=1S/C10H14N4O6S/c1-2-13-21(19,20)4-3-11-9-8(10(15)16)5-7(6-12-9)14(17)18/h5-6,13H,2-4H2,1H3,(H,11,12)(H,15,16). The zero-order valence-electron chi connectivity index (χ0n) is 11.1. The predicted octanol–water partition coefficient (Wildman–Crippen LogP) is 0.0392. The fraction of sp³-hybridized carbons (Fsp3) is 0.400. The fourth-order valence-corrected chi connectivity index (χ4v) is 2.41. The van der Waals surface area contributed by atoms with Crippen molar-refractivity contribution in [3.63, 3.8) is 0 Å². The normalized spacial score (nSPS) is 11.1. The van der Waals surface area contributed by atoms with Crippen LogP contribution in [-0.4, -0.2) is 48.2 Å². The number of pyridine rings is 1. The lowest BCUT2D eigenvalue weighted by Crippen LogP contribution is -2.29. The van der Waals surface area contributed by atoms with E-state index in [0.717, 1.165) is 12.3 Å². The van der Waals surface area contributed by atoms with Crippen LogP contribution in [0.3, 0.4) is 0 Å². The van der Waals surface area contributed by atoms with Crippen LogP contribution < -0.4 is 10.0 Å². The molecule has 1 heterocycles. The third-order valence-electron chi connectivity index (χ3n) is 2.34. The summed E-state index contributed by atoms with van der Waals surface area (Å²) < 4.78 is 25.1. The fourth-order valence-electron chi connectivity index (χ4n) is 1.45. The van der Waals surface area contributed by atoms with Gasteiger partial charge in [0.1, 0.15) is 17.6 Å². The van der Waals surface area contributed by atoms with Gasteiger partial charge in [-0.2, -0.15) is 0 Å². The number of carboxylic acids is 1. The molecule has 0 radical (unpaired) electrons. The van der Waals surface area contributed by atoms with E-state index >= 15 is 0 Å². The summed E-state index contributed by atoms with van der Waals surface area (Å²) in [5, 5.41) is 22.1. The summed E-state index contributed by atoms with van der Waals surface area (Å²) >= 11 is 0. The summed E-state index contributed by atoms with van der Waals surface area (Å²) in [6, 6.07) is 0.858. The molecule has 1 aromatic heterocycles. The molecule has 21 heavy (non-hydrogen) atoms. The zero-order valence-corrected chi connectivity index (χ0v) is 11.9. The molecule has 11 heteroatoms. The molecule has 0 aliphatic rings. The Morgan fingerprint density at radius 3 is 2.71 bits per heavy atom. The molecule has 0 aliphatic carbocycles. The van der Waals surface area contributed by atoms with Crippen molar-refractivity contribution in [2.75, 3.05) is 24.2 Å². The Balaban J connectivity index is 2.84. The zero-order chi connectivity index (χ0) is 16.0. The largest absolute Gasteiger partial charge is 0.478 e. The minimum atomic E-state index is -3.45. The second kappa shape index (κ2) is 6.95. The highest BCUT2D eigenvalue weighted by molar-refractivity contribution is 7.89. The second-order valence-electron chi connectivity index (χ2n) is 3.90. The van der Waals surface area contributed by atoms with Gasteiger partial charge in [0.2, 0.25) is 10.0 Å². The molecule has 0 aliphatic heterocycles. The van der Waals surface area contributed by atoms with E-state index in [1.807, 2.05) is 0 Å². The Labute approximate surface area is 120 Å². The molecule has 1 rings (SSSR count). The predicted molar refractivity (Wildman–Crippen MR) is 73.8 cm³/mol. The highest BCUT2D eigenvalue weighted by Gasteiger charge is 2.18. The summed E-state index contributed by atoms with van der Waals surface area (Å²) in [5.74, 6) is -1.80. The molecule has 0 aromatic carbocycles. The van der Waals surface area contributed by atoms with E-state index in [1.54, 1.807) is 6.92 Å². The molecule has 0 spiro atoms. The van der Waals surface area contributed by atoms with Crippen LogP contribution in [0.1, 0.15) is 17.3 Å². The Hall–Kier alpha value is -2.27. The van der Waals surface area contributed by atoms with E-state index in [4.69, 9.17) is 5.11 Å². The van der Waals surface area contributed by atoms with Crippen molar-refractivity contribution in [2.45, 2.75) is 6.92 Å². The van der Waals surface area contributed by atoms with Gasteiger partial charge in [0.05, 0.1) is 10.7 Å².